The van der Waals surface area contributed by atoms with Gasteiger partial charge in [-0.05, 0) is 89.0 Å². The largest absolute Gasteiger partial charge is 0.454 e. The van der Waals surface area contributed by atoms with E-state index in [1.165, 1.54) is 27.5 Å². The molecule has 0 atom stereocenters. The molecule has 0 saturated heterocycles. The first-order valence-corrected chi connectivity index (χ1v) is 17.4. The topological polar surface area (TPSA) is 21.3 Å². The molecule has 51 heavy (non-hydrogen) atoms. The van der Waals surface area contributed by atoms with E-state index in [4.69, 9.17) is 4.42 Å². The Morgan fingerprint density at radius 1 is 0.353 bits per heavy atom. The fourth-order valence-corrected chi connectivity index (χ4v) is 7.60. The van der Waals surface area contributed by atoms with Crippen LogP contribution in [0.1, 0.15) is 0 Å². The van der Waals surface area contributed by atoms with Crippen LogP contribution in [0, 0.1) is 0 Å². The second kappa shape index (κ2) is 11.9. The monoisotopic (exact) mass is 652 g/mol. The molecule has 0 amide bonds. The van der Waals surface area contributed by atoms with Crippen LogP contribution in [0.4, 0.5) is 17.1 Å². The van der Waals surface area contributed by atoms with E-state index in [0.717, 1.165) is 61.3 Å². The lowest BCUT2D eigenvalue weighted by atomic mass is 10.0. The number of aromatic nitrogens is 1. The summed E-state index contributed by atoms with van der Waals surface area (Å²) < 4.78 is 8.86. The molecular formula is C48H32N2O. The van der Waals surface area contributed by atoms with Crippen LogP contribution in [-0.2, 0) is 0 Å². The van der Waals surface area contributed by atoms with E-state index in [9.17, 15) is 0 Å². The summed E-state index contributed by atoms with van der Waals surface area (Å²) in [6.07, 6.45) is 0. The molecule has 3 nitrogen and oxygen atoms in total. The number of fused-ring (bicyclic) bond motifs is 6. The molecule has 10 rings (SSSR count). The third-order valence-corrected chi connectivity index (χ3v) is 9.98. The van der Waals surface area contributed by atoms with Gasteiger partial charge in [-0.2, -0.15) is 0 Å². The maximum atomic E-state index is 6.51. The van der Waals surface area contributed by atoms with Gasteiger partial charge in [0.2, 0.25) is 0 Å². The second-order valence-electron chi connectivity index (χ2n) is 13.0. The first-order chi connectivity index (χ1) is 25.3. The molecule has 0 saturated carbocycles. The summed E-state index contributed by atoms with van der Waals surface area (Å²) in [6.45, 7) is 0. The highest BCUT2D eigenvalue weighted by Gasteiger charge is 2.19. The first-order valence-electron chi connectivity index (χ1n) is 17.4. The number of benzene rings is 8. The van der Waals surface area contributed by atoms with Gasteiger partial charge >= 0.3 is 0 Å². The zero-order valence-corrected chi connectivity index (χ0v) is 27.8. The Balaban J connectivity index is 1.10. The van der Waals surface area contributed by atoms with Crippen molar-refractivity contribution in [2.75, 3.05) is 4.90 Å². The summed E-state index contributed by atoms with van der Waals surface area (Å²) in [6, 6.07) is 69.1. The lowest BCUT2D eigenvalue weighted by Crippen LogP contribution is -2.09. The molecule has 0 aliphatic heterocycles. The molecule has 0 radical (unpaired) electrons. The van der Waals surface area contributed by atoms with Crippen molar-refractivity contribution >= 4 is 60.8 Å². The standard InChI is InChI=1S/C48H32N2O/c1-3-13-33(14-4-1)34-25-28-38(29-26-34)49(37-16-5-2-6-17-37)39-18-11-15-35(31-39)36-27-30-45-43(32-36)40-19-7-9-22-44(40)50(45)46-23-12-21-42-41-20-8-10-24-47(41)51-48(42)46/h1-32H. The van der Waals surface area contributed by atoms with Crippen LogP contribution in [0.15, 0.2) is 199 Å². The van der Waals surface area contributed by atoms with Crippen LogP contribution in [0.3, 0.4) is 0 Å². The lowest BCUT2D eigenvalue weighted by Gasteiger charge is -2.26. The highest BCUT2D eigenvalue weighted by Crippen LogP contribution is 2.41. The van der Waals surface area contributed by atoms with E-state index < -0.39 is 0 Å². The van der Waals surface area contributed by atoms with Crippen molar-refractivity contribution in [3.8, 4) is 27.9 Å². The van der Waals surface area contributed by atoms with Gasteiger partial charge in [0.25, 0.3) is 0 Å². The maximum absolute atomic E-state index is 6.51. The summed E-state index contributed by atoms with van der Waals surface area (Å²) in [5, 5.41) is 4.68. The van der Waals surface area contributed by atoms with Gasteiger partial charge in [0, 0.05) is 38.6 Å². The summed E-state index contributed by atoms with van der Waals surface area (Å²) in [4.78, 5) is 2.33. The van der Waals surface area contributed by atoms with Gasteiger partial charge in [0.15, 0.2) is 5.58 Å². The number of hydrogen-bond donors (Lipinski definition) is 0. The van der Waals surface area contributed by atoms with E-state index in [-0.39, 0.29) is 0 Å². The summed E-state index contributed by atoms with van der Waals surface area (Å²) in [5.41, 5.74) is 13.2. The van der Waals surface area contributed by atoms with E-state index >= 15 is 0 Å². The van der Waals surface area contributed by atoms with Crippen LogP contribution in [0.2, 0.25) is 0 Å². The van der Waals surface area contributed by atoms with E-state index in [0.29, 0.717) is 0 Å². The lowest BCUT2D eigenvalue weighted by molar-refractivity contribution is 0.666. The molecule has 240 valence electrons. The highest BCUT2D eigenvalue weighted by atomic mass is 16.3. The van der Waals surface area contributed by atoms with Gasteiger partial charge in [-0.25, -0.2) is 0 Å². The van der Waals surface area contributed by atoms with Crippen molar-refractivity contribution in [2.45, 2.75) is 0 Å². The molecule has 10 aromatic rings. The number of hydrogen-bond acceptors (Lipinski definition) is 2. The summed E-state index contributed by atoms with van der Waals surface area (Å²) in [5.74, 6) is 0. The van der Waals surface area contributed by atoms with Crippen molar-refractivity contribution < 1.29 is 4.42 Å². The molecule has 0 aliphatic rings. The number of rotatable bonds is 6. The van der Waals surface area contributed by atoms with Gasteiger partial charge in [-0.3, -0.25) is 0 Å². The average molecular weight is 653 g/mol. The minimum atomic E-state index is 0.899. The summed E-state index contributed by atoms with van der Waals surface area (Å²) >= 11 is 0. The Labute approximate surface area is 295 Å². The predicted octanol–water partition coefficient (Wildman–Crippen LogP) is 13.5. The quantitative estimate of drug-likeness (QED) is 0.178. The zero-order chi connectivity index (χ0) is 33.7. The highest BCUT2D eigenvalue weighted by molar-refractivity contribution is 6.13. The van der Waals surface area contributed by atoms with E-state index in [1.54, 1.807) is 0 Å². The maximum Gasteiger partial charge on any atom is 0.159 e. The molecule has 2 heterocycles. The molecule has 0 unspecified atom stereocenters. The number of anilines is 3. The van der Waals surface area contributed by atoms with Crippen molar-refractivity contribution in [3.63, 3.8) is 0 Å². The van der Waals surface area contributed by atoms with Gasteiger partial charge in [-0.15, -0.1) is 0 Å². The third-order valence-electron chi connectivity index (χ3n) is 9.98. The second-order valence-corrected chi connectivity index (χ2v) is 13.0. The van der Waals surface area contributed by atoms with Crippen molar-refractivity contribution in [1.29, 1.82) is 0 Å². The minimum absolute atomic E-state index is 0.899. The Hall–Kier alpha value is -6.84. The van der Waals surface area contributed by atoms with Crippen LogP contribution in [0.25, 0.3) is 71.7 Å². The average Bonchev–Trinajstić information content (AvgIpc) is 3.75. The Morgan fingerprint density at radius 3 is 1.76 bits per heavy atom. The molecule has 2 aromatic heterocycles. The van der Waals surface area contributed by atoms with Crippen LogP contribution >= 0.6 is 0 Å². The van der Waals surface area contributed by atoms with Gasteiger partial charge in [0.05, 0.1) is 16.7 Å². The number of nitrogens with zero attached hydrogens (tertiary/aromatic N) is 2. The molecule has 0 spiro atoms. The van der Waals surface area contributed by atoms with Gasteiger partial charge in [-0.1, -0.05) is 127 Å². The zero-order valence-electron chi connectivity index (χ0n) is 27.8. The molecule has 8 aromatic carbocycles. The number of furan rings is 1. The van der Waals surface area contributed by atoms with Gasteiger partial charge < -0.3 is 13.9 Å². The Kier molecular flexibility index (Phi) is 6.81. The Bertz CT molecular complexity index is 2850. The molecular weight excluding hydrogens is 621 g/mol. The first kappa shape index (κ1) is 29.1. The number of para-hydroxylation sites is 4. The van der Waals surface area contributed by atoms with Crippen molar-refractivity contribution in [1.82, 2.24) is 4.57 Å². The van der Waals surface area contributed by atoms with Crippen LogP contribution < -0.4 is 4.90 Å². The molecule has 0 fully saturated rings. The molecule has 3 heteroatoms. The SMILES string of the molecule is c1ccc(-c2ccc(N(c3ccccc3)c3cccc(-c4ccc5c(c4)c4ccccc4n5-c4cccc5c4oc4ccccc45)c3)cc2)cc1. The van der Waals surface area contributed by atoms with Crippen LogP contribution in [-0.4, -0.2) is 4.57 Å². The molecule has 0 N–H and O–H groups in total. The normalized spacial score (nSPS) is 11.5. The van der Waals surface area contributed by atoms with E-state index in [1.807, 2.05) is 12.1 Å². The fraction of sp³-hybridized carbons (Fsp3) is 0. The molecule has 0 aliphatic carbocycles. The predicted molar refractivity (Wildman–Crippen MR) is 214 cm³/mol. The minimum Gasteiger partial charge on any atom is -0.454 e. The summed E-state index contributed by atoms with van der Waals surface area (Å²) in [7, 11) is 0. The fourth-order valence-electron chi connectivity index (χ4n) is 7.60. The van der Waals surface area contributed by atoms with Gasteiger partial charge in [0.1, 0.15) is 5.58 Å². The van der Waals surface area contributed by atoms with E-state index in [2.05, 4.69) is 191 Å². The van der Waals surface area contributed by atoms with Crippen LogP contribution in [0.5, 0.6) is 0 Å². The third kappa shape index (κ3) is 4.90. The Morgan fingerprint density at radius 2 is 0.922 bits per heavy atom. The molecule has 0 bridgehead atoms. The smallest absolute Gasteiger partial charge is 0.159 e. The van der Waals surface area contributed by atoms with Crippen molar-refractivity contribution in [2.24, 2.45) is 0 Å². The van der Waals surface area contributed by atoms with Crippen molar-refractivity contribution in [3.05, 3.63) is 194 Å².